The fourth-order valence-electron chi connectivity index (χ4n) is 4.24. The molecule has 1 aromatic carbocycles. The van der Waals surface area contributed by atoms with Crippen molar-refractivity contribution in [3.8, 4) is 17.3 Å². The Labute approximate surface area is 217 Å². The van der Waals surface area contributed by atoms with Crippen LogP contribution in [0.25, 0.3) is 22.6 Å². The van der Waals surface area contributed by atoms with E-state index in [1.807, 2.05) is 45.0 Å². The van der Waals surface area contributed by atoms with Gasteiger partial charge in [-0.1, -0.05) is 12.1 Å². The zero-order valence-electron chi connectivity index (χ0n) is 21.3. The molecule has 1 saturated carbocycles. The monoisotopic (exact) mass is 519 g/mol. The molecule has 0 aliphatic heterocycles. The minimum absolute atomic E-state index is 0.165. The van der Waals surface area contributed by atoms with Crippen molar-refractivity contribution >= 4 is 28.2 Å². The van der Waals surface area contributed by atoms with Crippen molar-refractivity contribution < 1.29 is 9.29 Å². The maximum absolute atomic E-state index is 13.5. The van der Waals surface area contributed by atoms with Crippen molar-refractivity contribution in [1.82, 2.24) is 29.5 Å². The van der Waals surface area contributed by atoms with Crippen molar-refractivity contribution in [2.24, 2.45) is 0 Å². The molecule has 11 heteroatoms. The molecule has 0 amide bonds. The summed E-state index contributed by atoms with van der Waals surface area (Å²) in [6.07, 6.45) is 5.22. The Morgan fingerprint density at radius 3 is 2.57 bits per heavy atom. The van der Waals surface area contributed by atoms with Gasteiger partial charge in [-0.15, -0.1) is 0 Å². The summed E-state index contributed by atoms with van der Waals surface area (Å²) >= 11 is -1.00. The standard InChI is InChI=1S/C26H29N7O3S/c1-5-37(35)18-10-6-16(7-11-18)12-27-23-26(34)33(15(2)3)24-19(31-23)13-28-22(32-24)20-21(17-8-9-17)29-14-30-25(20)36-4/h6-7,10-11,13-15,17H,5,8-9,12H2,1-4H3,(H,27,31). The number of hydrogen-bond donors (Lipinski definition) is 1. The maximum atomic E-state index is 13.5. The fourth-order valence-corrected chi connectivity index (χ4v) is 5.01. The van der Waals surface area contributed by atoms with E-state index in [1.165, 1.54) is 6.33 Å². The van der Waals surface area contributed by atoms with Gasteiger partial charge in [0, 0.05) is 18.5 Å². The highest BCUT2D eigenvalue weighted by molar-refractivity contribution is 7.91. The van der Waals surface area contributed by atoms with Gasteiger partial charge in [0.2, 0.25) is 5.88 Å². The molecule has 0 radical (unpaired) electrons. The Morgan fingerprint density at radius 1 is 1.16 bits per heavy atom. The highest BCUT2D eigenvalue weighted by Crippen LogP contribution is 2.44. The topological polar surface area (TPSA) is 131 Å². The van der Waals surface area contributed by atoms with Crippen LogP contribution in [0.2, 0.25) is 0 Å². The summed E-state index contributed by atoms with van der Waals surface area (Å²) in [6.45, 7) is 6.15. The van der Waals surface area contributed by atoms with E-state index in [1.54, 1.807) is 17.9 Å². The lowest BCUT2D eigenvalue weighted by molar-refractivity contribution is 0.397. The van der Waals surface area contributed by atoms with Gasteiger partial charge in [-0.3, -0.25) is 9.36 Å². The van der Waals surface area contributed by atoms with Crippen LogP contribution in [0.4, 0.5) is 5.82 Å². The molecule has 0 saturated heterocycles. The molecule has 192 valence electrons. The zero-order valence-corrected chi connectivity index (χ0v) is 22.1. The SMILES string of the molecule is CC[S+]([O-])c1ccc(CNc2nc3cnc(-c4c(OC)ncnc4C4CC4)nc3n(C(C)C)c2=O)cc1. The molecule has 1 aliphatic rings. The van der Waals surface area contributed by atoms with Crippen molar-refractivity contribution in [3.05, 3.63) is 58.4 Å². The summed E-state index contributed by atoms with van der Waals surface area (Å²) in [5, 5.41) is 3.16. The molecule has 1 fully saturated rings. The van der Waals surface area contributed by atoms with Crippen LogP contribution < -0.4 is 15.6 Å². The number of methoxy groups -OCH3 is 1. The Bertz CT molecular complexity index is 1490. The highest BCUT2D eigenvalue weighted by atomic mass is 32.2. The first-order chi connectivity index (χ1) is 17.9. The van der Waals surface area contributed by atoms with Crippen LogP contribution in [0.1, 0.15) is 56.8 Å². The quantitative estimate of drug-likeness (QED) is 0.328. The van der Waals surface area contributed by atoms with Crippen LogP contribution in [0.5, 0.6) is 5.88 Å². The zero-order chi connectivity index (χ0) is 26.1. The van der Waals surface area contributed by atoms with Crippen molar-refractivity contribution in [1.29, 1.82) is 0 Å². The van der Waals surface area contributed by atoms with E-state index in [-0.39, 0.29) is 17.4 Å². The molecule has 1 aliphatic carbocycles. The van der Waals surface area contributed by atoms with Gasteiger partial charge in [0.05, 0.1) is 19.0 Å². The van der Waals surface area contributed by atoms with E-state index in [2.05, 4.69) is 25.3 Å². The molecule has 4 aromatic rings. The molecule has 3 heterocycles. The van der Waals surface area contributed by atoms with Crippen LogP contribution in [0.15, 0.2) is 46.5 Å². The lowest BCUT2D eigenvalue weighted by atomic mass is 10.1. The Balaban J connectivity index is 1.52. The van der Waals surface area contributed by atoms with Gasteiger partial charge in [0.15, 0.2) is 22.2 Å². The molecule has 37 heavy (non-hydrogen) atoms. The average Bonchev–Trinajstić information content (AvgIpc) is 3.76. The Hall–Kier alpha value is -3.57. The van der Waals surface area contributed by atoms with Crippen LogP contribution in [0, 0.1) is 0 Å². The molecular formula is C26H29N7O3S. The molecule has 3 aromatic heterocycles. The van der Waals surface area contributed by atoms with Crippen LogP contribution in [0.3, 0.4) is 0 Å². The molecular weight excluding hydrogens is 490 g/mol. The van der Waals surface area contributed by atoms with Gasteiger partial charge in [-0.05, 0) is 62.5 Å². The summed E-state index contributed by atoms with van der Waals surface area (Å²) in [5.74, 6) is 1.95. The van der Waals surface area contributed by atoms with Crippen LogP contribution >= 0.6 is 0 Å². The van der Waals surface area contributed by atoms with Crippen molar-refractivity contribution in [2.75, 3.05) is 18.2 Å². The smallest absolute Gasteiger partial charge is 0.295 e. The molecule has 0 bridgehead atoms. The number of benzene rings is 1. The number of nitrogens with zero attached hydrogens (tertiary/aromatic N) is 6. The van der Waals surface area contributed by atoms with E-state index in [4.69, 9.17) is 9.72 Å². The first-order valence-electron chi connectivity index (χ1n) is 12.3. The predicted molar refractivity (Wildman–Crippen MR) is 142 cm³/mol. The first-order valence-corrected chi connectivity index (χ1v) is 13.6. The van der Waals surface area contributed by atoms with E-state index >= 15 is 0 Å². The summed E-state index contributed by atoms with van der Waals surface area (Å²) in [4.78, 5) is 36.9. The molecule has 1 unspecified atom stereocenters. The predicted octanol–water partition coefficient (Wildman–Crippen LogP) is 3.85. The fraction of sp³-hybridized carbons (Fsp3) is 0.385. The molecule has 5 rings (SSSR count). The molecule has 1 atom stereocenters. The van der Waals surface area contributed by atoms with Crippen LogP contribution in [-0.2, 0) is 17.7 Å². The second kappa shape index (κ2) is 10.4. The number of hydrogen-bond acceptors (Lipinski definition) is 9. The normalized spacial score (nSPS) is 14.2. The van der Waals surface area contributed by atoms with E-state index in [0.717, 1.165) is 29.0 Å². The van der Waals surface area contributed by atoms with Gasteiger partial charge in [-0.25, -0.2) is 24.9 Å². The number of aromatic nitrogens is 6. The number of ether oxygens (including phenoxy) is 1. The number of rotatable bonds is 9. The first kappa shape index (κ1) is 25.1. The maximum Gasteiger partial charge on any atom is 0.295 e. The largest absolute Gasteiger partial charge is 0.611 e. The molecule has 10 nitrogen and oxygen atoms in total. The summed E-state index contributed by atoms with van der Waals surface area (Å²) < 4.78 is 19.1. The van der Waals surface area contributed by atoms with Gasteiger partial charge >= 0.3 is 0 Å². The highest BCUT2D eigenvalue weighted by Gasteiger charge is 2.31. The van der Waals surface area contributed by atoms with Crippen molar-refractivity contribution in [2.45, 2.75) is 57.0 Å². The molecule has 1 N–H and O–H groups in total. The number of fused-ring (bicyclic) bond motifs is 1. The second-order valence-corrected chi connectivity index (χ2v) is 10.9. The average molecular weight is 520 g/mol. The molecule has 0 spiro atoms. The number of nitrogens with one attached hydrogen (secondary N) is 1. The third-order valence-electron chi connectivity index (χ3n) is 6.28. The summed E-state index contributed by atoms with van der Waals surface area (Å²) in [7, 11) is 1.56. The van der Waals surface area contributed by atoms with Crippen molar-refractivity contribution in [3.63, 3.8) is 0 Å². The second-order valence-electron chi connectivity index (χ2n) is 9.18. The van der Waals surface area contributed by atoms with Gasteiger partial charge in [-0.2, -0.15) is 0 Å². The lowest BCUT2D eigenvalue weighted by Gasteiger charge is -2.16. The Morgan fingerprint density at radius 2 is 1.92 bits per heavy atom. The van der Waals surface area contributed by atoms with E-state index < -0.39 is 11.2 Å². The van der Waals surface area contributed by atoms with E-state index in [0.29, 0.717) is 46.6 Å². The van der Waals surface area contributed by atoms with Gasteiger partial charge < -0.3 is 14.6 Å². The van der Waals surface area contributed by atoms with Gasteiger partial charge in [0.1, 0.15) is 23.2 Å². The minimum atomic E-state index is -1.00. The van der Waals surface area contributed by atoms with E-state index in [9.17, 15) is 9.35 Å². The summed E-state index contributed by atoms with van der Waals surface area (Å²) in [5.41, 5.74) is 3.14. The number of anilines is 1. The van der Waals surface area contributed by atoms with Crippen LogP contribution in [-0.4, -0.2) is 46.9 Å². The lowest BCUT2D eigenvalue weighted by Crippen LogP contribution is -2.27. The third-order valence-corrected chi connectivity index (χ3v) is 7.60. The van der Waals surface area contributed by atoms with Gasteiger partial charge in [0.25, 0.3) is 5.56 Å². The Kier molecular flexibility index (Phi) is 7.07. The minimum Gasteiger partial charge on any atom is -0.611 e. The third kappa shape index (κ3) is 5.01. The summed E-state index contributed by atoms with van der Waals surface area (Å²) in [6, 6.07) is 7.34.